The van der Waals surface area contributed by atoms with Crippen molar-refractivity contribution < 1.29 is 19.1 Å². The number of hydrogen-bond donors (Lipinski definition) is 0. The number of aromatic nitrogens is 3. The number of aliphatic imine (C=N–C) groups is 1. The number of rotatable bonds is 5. The number of aryl methyl sites for hydroxylation is 2. The third-order valence-electron chi connectivity index (χ3n) is 6.84. The first-order valence-electron chi connectivity index (χ1n) is 13.1. The fraction of sp³-hybridized carbons (Fsp3) is 0.323. The molecule has 40 heavy (non-hydrogen) atoms. The van der Waals surface area contributed by atoms with E-state index in [0.29, 0.717) is 11.4 Å². The number of fused-ring (bicyclic) bond motifs is 3. The summed E-state index contributed by atoms with van der Waals surface area (Å²) in [7, 11) is 1.38. The molecule has 0 aliphatic carbocycles. The van der Waals surface area contributed by atoms with Crippen molar-refractivity contribution in [2.45, 2.75) is 59.6 Å². The molecule has 3 heterocycles. The molecule has 1 aliphatic rings. The lowest BCUT2D eigenvalue weighted by Gasteiger charge is -2.19. The van der Waals surface area contributed by atoms with Crippen molar-refractivity contribution in [3.63, 3.8) is 0 Å². The summed E-state index contributed by atoms with van der Waals surface area (Å²) >= 11 is 1.67. The summed E-state index contributed by atoms with van der Waals surface area (Å²) in [6.45, 7) is 11.7. The number of carbonyl (C=O) groups excluding carboxylic acids is 2. The number of methoxy groups -OCH3 is 1. The molecule has 0 unspecified atom stereocenters. The van der Waals surface area contributed by atoms with Crippen LogP contribution in [0.4, 0.5) is 0 Å². The van der Waals surface area contributed by atoms with Crippen molar-refractivity contribution >= 4 is 29.0 Å². The fourth-order valence-electron chi connectivity index (χ4n) is 4.72. The number of thiophene rings is 1. The molecular weight excluding hydrogens is 524 g/mol. The minimum Gasteiger partial charge on any atom is -0.469 e. The van der Waals surface area contributed by atoms with Gasteiger partial charge in [0.1, 0.15) is 22.5 Å². The smallest absolute Gasteiger partial charge is 0.338 e. The van der Waals surface area contributed by atoms with E-state index in [4.69, 9.17) is 14.5 Å². The van der Waals surface area contributed by atoms with E-state index in [1.807, 2.05) is 68.7 Å². The normalized spacial score (nSPS) is 14.6. The van der Waals surface area contributed by atoms with Crippen molar-refractivity contribution in [1.82, 2.24) is 14.8 Å². The Labute approximate surface area is 237 Å². The van der Waals surface area contributed by atoms with Crippen LogP contribution in [0.2, 0.25) is 0 Å². The highest BCUT2D eigenvalue weighted by Gasteiger charge is 2.32. The molecule has 1 atom stereocenters. The van der Waals surface area contributed by atoms with Crippen molar-refractivity contribution in [1.29, 1.82) is 0 Å². The average molecular weight is 557 g/mol. The van der Waals surface area contributed by atoms with Crippen LogP contribution in [0, 0.1) is 20.8 Å². The SMILES string of the molecule is COC(=O)C[C@@H]1N=C(c2ccc(-c3ccc(C(=O)OC(C)(C)C)cc3)cc2)c2c(sc(C)c2C)-n2c(C)nnc21. The molecule has 8 nitrogen and oxygen atoms in total. The van der Waals surface area contributed by atoms with Crippen molar-refractivity contribution in [2.75, 3.05) is 7.11 Å². The average Bonchev–Trinajstić information content (AvgIpc) is 3.39. The Morgan fingerprint density at radius 1 is 0.925 bits per heavy atom. The van der Waals surface area contributed by atoms with Crippen LogP contribution < -0.4 is 0 Å². The zero-order valence-corrected chi connectivity index (χ0v) is 24.5. The lowest BCUT2D eigenvalue weighted by molar-refractivity contribution is -0.141. The third kappa shape index (κ3) is 5.21. The van der Waals surface area contributed by atoms with Crippen molar-refractivity contribution in [2.24, 2.45) is 4.99 Å². The summed E-state index contributed by atoms with van der Waals surface area (Å²) < 4.78 is 12.5. The molecule has 0 spiro atoms. The zero-order valence-electron chi connectivity index (χ0n) is 23.7. The summed E-state index contributed by atoms with van der Waals surface area (Å²) in [4.78, 5) is 31.1. The molecule has 1 aliphatic heterocycles. The number of carbonyl (C=O) groups is 2. The number of esters is 2. The summed E-state index contributed by atoms with van der Waals surface area (Å²) in [5.74, 6) is 0.671. The molecule has 0 amide bonds. The van der Waals surface area contributed by atoms with Gasteiger partial charge in [0.15, 0.2) is 5.82 Å². The first kappa shape index (κ1) is 27.5. The topological polar surface area (TPSA) is 95.7 Å². The van der Waals surface area contributed by atoms with Gasteiger partial charge in [0.05, 0.1) is 24.8 Å². The van der Waals surface area contributed by atoms with E-state index in [0.717, 1.165) is 44.4 Å². The van der Waals surface area contributed by atoms with E-state index in [1.54, 1.807) is 23.5 Å². The molecule has 0 fully saturated rings. The van der Waals surface area contributed by atoms with Gasteiger partial charge in [-0.2, -0.15) is 0 Å². The van der Waals surface area contributed by atoms with Gasteiger partial charge in [-0.15, -0.1) is 21.5 Å². The van der Waals surface area contributed by atoms with E-state index < -0.39 is 11.6 Å². The highest BCUT2D eigenvalue weighted by atomic mass is 32.1. The molecule has 0 saturated heterocycles. The molecular formula is C31H32N4O4S. The maximum Gasteiger partial charge on any atom is 0.338 e. The summed E-state index contributed by atoms with van der Waals surface area (Å²) in [6, 6.07) is 15.0. The summed E-state index contributed by atoms with van der Waals surface area (Å²) in [5.41, 5.74) is 5.85. The first-order valence-corrected chi connectivity index (χ1v) is 13.9. The number of nitrogens with zero attached hydrogens (tertiary/aromatic N) is 4. The van der Waals surface area contributed by atoms with Gasteiger partial charge in [-0.25, -0.2) is 4.79 Å². The van der Waals surface area contributed by atoms with E-state index in [2.05, 4.69) is 24.0 Å². The Morgan fingerprint density at radius 3 is 2.12 bits per heavy atom. The summed E-state index contributed by atoms with van der Waals surface area (Å²) in [6.07, 6.45) is 0.0627. The maximum atomic E-state index is 12.4. The largest absolute Gasteiger partial charge is 0.469 e. The Morgan fingerprint density at radius 2 is 1.52 bits per heavy atom. The number of hydrogen-bond acceptors (Lipinski definition) is 8. The van der Waals surface area contributed by atoms with Gasteiger partial charge < -0.3 is 9.47 Å². The van der Waals surface area contributed by atoms with E-state index in [1.165, 1.54) is 12.0 Å². The Hall–Kier alpha value is -4.11. The van der Waals surface area contributed by atoms with Crippen LogP contribution >= 0.6 is 11.3 Å². The van der Waals surface area contributed by atoms with Crippen LogP contribution in [0.3, 0.4) is 0 Å². The Balaban J connectivity index is 1.53. The van der Waals surface area contributed by atoms with Crippen LogP contribution in [0.5, 0.6) is 0 Å². The van der Waals surface area contributed by atoms with Crippen LogP contribution in [0.25, 0.3) is 16.1 Å². The minimum atomic E-state index is -0.546. The maximum absolute atomic E-state index is 12.4. The predicted molar refractivity (Wildman–Crippen MR) is 156 cm³/mol. The first-order chi connectivity index (χ1) is 19.0. The van der Waals surface area contributed by atoms with Gasteiger partial charge in [-0.05, 0) is 70.4 Å². The molecule has 206 valence electrons. The van der Waals surface area contributed by atoms with Gasteiger partial charge in [0.2, 0.25) is 0 Å². The highest BCUT2D eigenvalue weighted by Crippen LogP contribution is 2.39. The van der Waals surface area contributed by atoms with Crippen LogP contribution in [0.15, 0.2) is 53.5 Å². The molecule has 0 N–H and O–H groups in total. The van der Waals surface area contributed by atoms with Gasteiger partial charge >= 0.3 is 11.9 Å². The number of ether oxygens (including phenoxy) is 2. The Kier molecular flexibility index (Phi) is 7.18. The third-order valence-corrected chi connectivity index (χ3v) is 8.03. The second-order valence-electron chi connectivity index (χ2n) is 10.8. The molecule has 4 aromatic rings. The van der Waals surface area contributed by atoms with Gasteiger partial charge in [-0.1, -0.05) is 36.4 Å². The molecule has 2 aromatic carbocycles. The van der Waals surface area contributed by atoms with Crippen LogP contribution in [0.1, 0.15) is 76.8 Å². The molecule has 9 heteroatoms. The highest BCUT2D eigenvalue weighted by molar-refractivity contribution is 7.15. The monoisotopic (exact) mass is 556 g/mol. The molecule has 2 aromatic heterocycles. The number of benzene rings is 2. The Bertz CT molecular complexity index is 1620. The summed E-state index contributed by atoms with van der Waals surface area (Å²) in [5, 5.41) is 9.72. The van der Waals surface area contributed by atoms with E-state index >= 15 is 0 Å². The minimum absolute atomic E-state index is 0.0627. The lowest BCUT2D eigenvalue weighted by Crippen LogP contribution is -2.23. The standard InChI is InChI=1S/C31H32N4O4S/c1-17-18(2)40-29-26(17)27(32-24(16-25(36)38-7)28-34-33-19(3)35(28)29)22-12-8-20(9-13-22)21-10-14-23(15-11-21)30(37)39-31(4,5)6/h8-15,24H,16H2,1-7H3/t24-/m0/s1. The predicted octanol–water partition coefficient (Wildman–Crippen LogP) is 6.33. The second kappa shape index (κ2) is 10.5. The lowest BCUT2D eigenvalue weighted by atomic mass is 9.96. The van der Waals surface area contributed by atoms with Gasteiger partial charge in [-0.3, -0.25) is 14.4 Å². The molecule has 0 radical (unpaired) electrons. The van der Waals surface area contributed by atoms with Gasteiger partial charge in [0.25, 0.3) is 0 Å². The fourth-order valence-corrected chi connectivity index (χ4v) is 5.94. The van der Waals surface area contributed by atoms with Crippen molar-refractivity contribution in [3.05, 3.63) is 87.3 Å². The van der Waals surface area contributed by atoms with E-state index in [9.17, 15) is 9.59 Å². The quantitative estimate of drug-likeness (QED) is 0.267. The van der Waals surface area contributed by atoms with E-state index in [-0.39, 0.29) is 18.4 Å². The van der Waals surface area contributed by atoms with Crippen LogP contribution in [-0.2, 0) is 14.3 Å². The molecule has 0 saturated carbocycles. The van der Waals surface area contributed by atoms with Crippen LogP contribution in [-0.4, -0.2) is 45.1 Å². The van der Waals surface area contributed by atoms with Gasteiger partial charge in [0, 0.05) is 16.0 Å². The van der Waals surface area contributed by atoms with Crippen molar-refractivity contribution in [3.8, 4) is 16.1 Å². The molecule has 5 rings (SSSR count). The second-order valence-corrected chi connectivity index (χ2v) is 12.0. The zero-order chi connectivity index (χ0) is 28.8. The molecule has 0 bridgehead atoms.